The number of carbonyl (C=O) groups excluding carboxylic acids is 2. The van der Waals surface area contributed by atoms with Gasteiger partial charge in [-0.05, 0) is 25.7 Å². The van der Waals surface area contributed by atoms with E-state index in [1.54, 1.807) is 11.8 Å². The first-order valence-corrected chi connectivity index (χ1v) is 6.68. The Labute approximate surface area is 112 Å². The van der Waals surface area contributed by atoms with Crippen molar-refractivity contribution in [3.05, 3.63) is 0 Å². The summed E-state index contributed by atoms with van der Waals surface area (Å²) in [4.78, 5) is 35.4. The van der Waals surface area contributed by atoms with Crippen molar-refractivity contribution in [3.63, 3.8) is 0 Å². The number of hydrogen-bond acceptors (Lipinski definition) is 4. The van der Waals surface area contributed by atoms with E-state index in [-0.39, 0.29) is 37.1 Å². The van der Waals surface area contributed by atoms with E-state index in [4.69, 9.17) is 9.84 Å². The van der Waals surface area contributed by atoms with E-state index in [1.807, 2.05) is 0 Å². The van der Waals surface area contributed by atoms with E-state index >= 15 is 0 Å². The monoisotopic (exact) mass is 271 g/mol. The molecular weight excluding hydrogens is 250 g/mol. The Hall–Kier alpha value is -1.59. The number of hydrogen-bond donors (Lipinski definition) is 1. The third kappa shape index (κ3) is 5.72. The number of rotatable bonds is 6. The minimum absolute atomic E-state index is 0.0257. The van der Waals surface area contributed by atoms with Crippen molar-refractivity contribution in [2.75, 3.05) is 19.7 Å². The van der Waals surface area contributed by atoms with Gasteiger partial charge in [-0.2, -0.15) is 0 Å². The van der Waals surface area contributed by atoms with Gasteiger partial charge in [0, 0.05) is 25.9 Å². The molecule has 0 aromatic heterocycles. The van der Waals surface area contributed by atoms with E-state index in [2.05, 4.69) is 0 Å². The maximum absolute atomic E-state index is 11.9. The van der Waals surface area contributed by atoms with Crippen molar-refractivity contribution in [3.8, 4) is 0 Å². The van der Waals surface area contributed by atoms with Crippen LogP contribution in [0.5, 0.6) is 0 Å². The Morgan fingerprint density at radius 3 is 2.68 bits per heavy atom. The molecule has 0 saturated carbocycles. The molecule has 0 radical (unpaired) electrons. The third-order valence-electron chi connectivity index (χ3n) is 3.18. The summed E-state index contributed by atoms with van der Waals surface area (Å²) < 4.78 is 4.77. The molecule has 6 heteroatoms. The van der Waals surface area contributed by atoms with Gasteiger partial charge in [-0.15, -0.1) is 0 Å². The Bertz CT molecular complexity index is 342. The number of carboxylic acid groups (broad SMARTS) is 1. The first-order chi connectivity index (χ1) is 9.02. The SMILES string of the molecule is CCOC(=O)CCC(=O)N1CCCC(CC(=O)O)C1. The molecule has 1 atom stereocenters. The van der Waals surface area contributed by atoms with Crippen molar-refractivity contribution >= 4 is 17.8 Å². The van der Waals surface area contributed by atoms with Crippen LogP contribution in [0.25, 0.3) is 0 Å². The first kappa shape index (κ1) is 15.5. The maximum atomic E-state index is 11.9. The van der Waals surface area contributed by atoms with E-state index in [9.17, 15) is 14.4 Å². The highest BCUT2D eigenvalue weighted by molar-refractivity contribution is 5.81. The molecule has 19 heavy (non-hydrogen) atoms. The van der Waals surface area contributed by atoms with Crippen LogP contribution in [0.15, 0.2) is 0 Å². The van der Waals surface area contributed by atoms with Gasteiger partial charge in [0.25, 0.3) is 0 Å². The second kappa shape index (κ2) is 7.76. The topological polar surface area (TPSA) is 83.9 Å². The summed E-state index contributed by atoms with van der Waals surface area (Å²) in [6.07, 6.45) is 1.99. The Morgan fingerprint density at radius 2 is 2.05 bits per heavy atom. The van der Waals surface area contributed by atoms with Gasteiger partial charge in [-0.25, -0.2) is 0 Å². The van der Waals surface area contributed by atoms with Crippen LogP contribution >= 0.6 is 0 Å². The van der Waals surface area contributed by atoms with Crippen LogP contribution < -0.4 is 0 Å². The average molecular weight is 271 g/mol. The summed E-state index contributed by atoms with van der Waals surface area (Å²) in [7, 11) is 0. The summed E-state index contributed by atoms with van der Waals surface area (Å²) in [6, 6.07) is 0. The lowest BCUT2D eigenvalue weighted by molar-refractivity contribution is -0.146. The fraction of sp³-hybridized carbons (Fsp3) is 0.769. The molecule has 1 saturated heterocycles. The molecule has 6 nitrogen and oxygen atoms in total. The highest BCUT2D eigenvalue weighted by atomic mass is 16.5. The number of nitrogens with zero attached hydrogens (tertiary/aromatic N) is 1. The fourth-order valence-electron chi connectivity index (χ4n) is 2.31. The Balaban J connectivity index is 2.35. The number of carboxylic acids is 1. The lowest BCUT2D eigenvalue weighted by Gasteiger charge is -2.32. The molecule has 0 aromatic carbocycles. The van der Waals surface area contributed by atoms with Crippen LogP contribution in [0.2, 0.25) is 0 Å². The zero-order chi connectivity index (χ0) is 14.3. The number of likely N-dealkylation sites (tertiary alicyclic amines) is 1. The van der Waals surface area contributed by atoms with Crippen molar-refractivity contribution in [1.29, 1.82) is 0 Å². The lowest BCUT2D eigenvalue weighted by Crippen LogP contribution is -2.40. The molecule has 108 valence electrons. The lowest BCUT2D eigenvalue weighted by atomic mass is 9.94. The molecule has 1 amide bonds. The van der Waals surface area contributed by atoms with Crippen molar-refractivity contribution in [2.24, 2.45) is 5.92 Å². The summed E-state index contributed by atoms with van der Waals surface area (Å²) in [5.74, 6) is -1.26. The van der Waals surface area contributed by atoms with Gasteiger partial charge < -0.3 is 14.7 Å². The summed E-state index contributed by atoms with van der Waals surface area (Å²) in [5.41, 5.74) is 0. The van der Waals surface area contributed by atoms with Gasteiger partial charge in [0.1, 0.15) is 0 Å². The van der Waals surface area contributed by atoms with Crippen LogP contribution in [0.1, 0.15) is 39.0 Å². The minimum Gasteiger partial charge on any atom is -0.481 e. The van der Waals surface area contributed by atoms with Crippen LogP contribution in [0.4, 0.5) is 0 Å². The predicted molar refractivity (Wildman–Crippen MR) is 67.4 cm³/mol. The number of amides is 1. The molecule has 1 fully saturated rings. The van der Waals surface area contributed by atoms with Gasteiger partial charge in [0.15, 0.2) is 0 Å². The van der Waals surface area contributed by atoms with Gasteiger partial charge in [0.05, 0.1) is 13.0 Å². The van der Waals surface area contributed by atoms with Crippen LogP contribution in [-0.2, 0) is 19.1 Å². The summed E-state index contributed by atoms with van der Waals surface area (Å²) >= 11 is 0. The smallest absolute Gasteiger partial charge is 0.306 e. The zero-order valence-electron chi connectivity index (χ0n) is 11.3. The standard InChI is InChI=1S/C13H21NO5/c1-2-19-13(18)6-5-11(15)14-7-3-4-10(9-14)8-12(16)17/h10H,2-9H2,1H3,(H,16,17). The van der Waals surface area contributed by atoms with Gasteiger partial charge in [0.2, 0.25) is 5.91 Å². The molecule has 1 aliphatic rings. The van der Waals surface area contributed by atoms with Crippen LogP contribution in [-0.4, -0.2) is 47.5 Å². The summed E-state index contributed by atoms with van der Waals surface area (Å²) in [5, 5.41) is 8.76. The van der Waals surface area contributed by atoms with E-state index in [0.717, 1.165) is 12.8 Å². The second-order valence-electron chi connectivity index (χ2n) is 4.75. The Morgan fingerprint density at radius 1 is 1.32 bits per heavy atom. The van der Waals surface area contributed by atoms with Gasteiger partial charge in [-0.1, -0.05) is 0 Å². The quantitative estimate of drug-likeness (QED) is 0.730. The molecule has 1 unspecified atom stereocenters. The van der Waals surface area contributed by atoms with Gasteiger partial charge >= 0.3 is 11.9 Å². The maximum Gasteiger partial charge on any atom is 0.306 e. The minimum atomic E-state index is -0.828. The molecule has 0 spiro atoms. The molecule has 1 aliphatic heterocycles. The number of esters is 1. The van der Waals surface area contributed by atoms with Crippen molar-refractivity contribution in [2.45, 2.75) is 39.0 Å². The number of ether oxygens (including phenoxy) is 1. The van der Waals surface area contributed by atoms with Crippen LogP contribution in [0.3, 0.4) is 0 Å². The molecule has 0 aliphatic carbocycles. The number of piperidine rings is 1. The van der Waals surface area contributed by atoms with E-state index in [0.29, 0.717) is 19.7 Å². The van der Waals surface area contributed by atoms with E-state index < -0.39 is 5.97 Å². The number of carbonyl (C=O) groups is 3. The average Bonchev–Trinajstić information content (AvgIpc) is 2.36. The number of aliphatic carboxylic acids is 1. The zero-order valence-corrected chi connectivity index (χ0v) is 11.3. The summed E-state index contributed by atoms with van der Waals surface area (Å²) in [6.45, 7) is 3.17. The van der Waals surface area contributed by atoms with E-state index in [1.165, 1.54) is 0 Å². The fourth-order valence-corrected chi connectivity index (χ4v) is 2.31. The van der Waals surface area contributed by atoms with Crippen LogP contribution in [0, 0.1) is 5.92 Å². The third-order valence-corrected chi connectivity index (χ3v) is 3.18. The molecule has 1 N–H and O–H groups in total. The largest absolute Gasteiger partial charge is 0.481 e. The molecule has 0 bridgehead atoms. The highest BCUT2D eigenvalue weighted by Gasteiger charge is 2.25. The normalized spacial score (nSPS) is 19.0. The first-order valence-electron chi connectivity index (χ1n) is 6.68. The molecule has 0 aromatic rings. The van der Waals surface area contributed by atoms with Gasteiger partial charge in [-0.3, -0.25) is 14.4 Å². The highest BCUT2D eigenvalue weighted by Crippen LogP contribution is 2.20. The predicted octanol–water partition coefficient (Wildman–Crippen LogP) is 1.04. The molecular formula is C13H21NO5. The molecule has 1 heterocycles. The second-order valence-corrected chi connectivity index (χ2v) is 4.75. The molecule has 1 rings (SSSR count). The Kier molecular flexibility index (Phi) is 6.32. The van der Waals surface area contributed by atoms with Crippen molar-refractivity contribution < 1.29 is 24.2 Å². The van der Waals surface area contributed by atoms with Crippen molar-refractivity contribution in [1.82, 2.24) is 4.90 Å².